The smallest absolute Gasteiger partial charge is 0.0947 e. The number of hydrogen-bond donors (Lipinski definition) is 1. The Hall–Kier alpha value is -0.840. The molecule has 1 N–H and O–H groups in total. The number of likely N-dealkylation sites (N-methyl/N-ethyl adjacent to an activating group) is 1. The van der Waals surface area contributed by atoms with Crippen LogP contribution in [0.2, 0.25) is 0 Å². The summed E-state index contributed by atoms with van der Waals surface area (Å²) in [6, 6.07) is 1.99. The Morgan fingerprint density at radius 2 is 2.24 bits per heavy atom. The molecule has 1 rings (SSSR count). The van der Waals surface area contributed by atoms with Crippen LogP contribution in [0.25, 0.3) is 0 Å². The Bertz CT molecular complexity index is 262. The largest absolute Gasteiger partial charge is 0.472 e. The van der Waals surface area contributed by atoms with Crippen LogP contribution in [0.4, 0.5) is 0 Å². The molecular weight excluding hydrogens is 216 g/mol. The molecule has 0 unspecified atom stereocenters. The normalized spacial score (nSPS) is 11.2. The van der Waals surface area contributed by atoms with Gasteiger partial charge >= 0.3 is 0 Å². The van der Waals surface area contributed by atoms with E-state index in [4.69, 9.17) is 9.15 Å². The lowest BCUT2D eigenvalue weighted by Gasteiger charge is -2.20. The SMILES string of the molecule is CCOCCN(CC)CCNCc1ccoc1. The monoisotopic (exact) mass is 240 g/mol. The molecule has 0 saturated heterocycles. The fraction of sp³-hybridized carbons (Fsp3) is 0.692. The van der Waals surface area contributed by atoms with Crippen molar-refractivity contribution in [1.29, 1.82) is 0 Å². The van der Waals surface area contributed by atoms with Gasteiger partial charge in [0.1, 0.15) is 0 Å². The lowest BCUT2D eigenvalue weighted by molar-refractivity contribution is 0.115. The maximum absolute atomic E-state index is 5.36. The van der Waals surface area contributed by atoms with E-state index >= 15 is 0 Å². The highest BCUT2D eigenvalue weighted by Gasteiger charge is 2.01. The predicted octanol–water partition coefficient (Wildman–Crippen LogP) is 1.73. The highest BCUT2D eigenvalue weighted by atomic mass is 16.5. The summed E-state index contributed by atoms with van der Waals surface area (Å²) in [5, 5.41) is 3.40. The molecule has 0 aromatic carbocycles. The minimum Gasteiger partial charge on any atom is -0.472 e. The molecule has 0 fully saturated rings. The molecule has 0 aliphatic rings. The average Bonchev–Trinajstić information content (AvgIpc) is 2.85. The third-order valence-electron chi connectivity index (χ3n) is 2.72. The minimum atomic E-state index is 0.802. The zero-order valence-corrected chi connectivity index (χ0v) is 10.9. The summed E-state index contributed by atoms with van der Waals surface area (Å²) in [6.45, 7) is 10.8. The Labute approximate surface area is 104 Å². The van der Waals surface area contributed by atoms with E-state index in [0.29, 0.717) is 0 Å². The molecule has 0 spiro atoms. The molecular formula is C13H24N2O2. The number of ether oxygens (including phenoxy) is 1. The number of hydrogen-bond acceptors (Lipinski definition) is 4. The fourth-order valence-electron chi connectivity index (χ4n) is 1.63. The summed E-state index contributed by atoms with van der Waals surface area (Å²) in [7, 11) is 0. The molecule has 1 aromatic rings. The van der Waals surface area contributed by atoms with E-state index in [0.717, 1.165) is 45.9 Å². The minimum absolute atomic E-state index is 0.802. The first kappa shape index (κ1) is 14.2. The van der Waals surface area contributed by atoms with Gasteiger partial charge in [-0.3, -0.25) is 0 Å². The van der Waals surface area contributed by atoms with E-state index < -0.39 is 0 Å². The fourth-order valence-corrected chi connectivity index (χ4v) is 1.63. The van der Waals surface area contributed by atoms with Gasteiger partial charge < -0.3 is 19.4 Å². The number of rotatable bonds is 10. The third kappa shape index (κ3) is 6.46. The molecule has 98 valence electrons. The topological polar surface area (TPSA) is 37.6 Å². The van der Waals surface area contributed by atoms with Crippen molar-refractivity contribution < 1.29 is 9.15 Å². The number of nitrogens with zero attached hydrogens (tertiary/aromatic N) is 1. The predicted molar refractivity (Wildman–Crippen MR) is 69.0 cm³/mol. The van der Waals surface area contributed by atoms with Crippen LogP contribution in [0.3, 0.4) is 0 Å². The Balaban J connectivity index is 2.02. The van der Waals surface area contributed by atoms with E-state index in [2.05, 4.69) is 17.1 Å². The van der Waals surface area contributed by atoms with Crippen molar-refractivity contribution in [2.24, 2.45) is 0 Å². The molecule has 4 heteroatoms. The number of furan rings is 1. The molecule has 0 radical (unpaired) electrons. The summed E-state index contributed by atoms with van der Waals surface area (Å²) in [6.07, 6.45) is 3.48. The van der Waals surface area contributed by atoms with Crippen LogP contribution in [-0.4, -0.2) is 44.3 Å². The van der Waals surface area contributed by atoms with E-state index in [9.17, 15) is 0 Å². The molecule has 0 bridgehead atoms. The zero-order valence-electron chi connectivity index (χ0n) is 10.9. The molecule has 0 saturated carbocycles. The maximum Gasteiger partial charge on any atom is 0.0947 e. The summed E-state index contributed by atoms with van der Waals surface area (Å²) in [4.78, 5) is 2.39. The summed E-state index contributed by atoms with van der Waals surface area (Å²) in [5.41, 5.74) is 1.20. The van der Waals surface area contributed by atoms with Crippen LogP contribution < -0.4 is 5.32 Å². The molecule has 1 heterocycles. The van der Waals surface area contributed by atoms with Crippen molar-refractivity contribution in [3.63, 3.8) is 0 Å². The zero-order chi connectivity index (χ0) is 12.3. The van der Waals surface area contributed by atoms with Crippen molar-refractivity contribution >= 4 is 0 Å². The van der Waals surface area contributed by atoms with Gasteiger partial charge in [-0.25, -0.2) is 0 Å². The second-order valence-electron chi connectivity index (χ2n) is 3.94. The van der Waals surface area contributed by atoms with Crippen LogP contribution in [-0.2, 0) is 11.3 Å². The van der Waals surface area contributed by atoms with Crippen LogP contribution in [0.5, 0.6) is 0 Å². The first-order valence-electron chi connectivity index (χ1n) is 6.38. The van der Waals surface area contributed by atoms with Gasteiger partial charge in [-0.15, -0.1) is 0 Å². The van der Waals surface area contributed by atoms with Gasteiger partial charge in [0.05, 0.1) is 19.1 Å². The third-order valence-corrected chi connectivity index (χ3v) is 2.72. The Morgan fingerprint density at radius 3 is 2.88 bits per heavy atom. The standard InChI is InChI=1S/C13H24N2O2/c1-3-15(8-10-16-4-2)7-6-14-11-13-5-9-17-12-13/h5,9,12,14H,3-4,6-8,10-11H2,1-2H3. The molecule has 1 aromatic heterocycles. The first-order chi connectivity index (χ1) is 8.36. The second-order valence-corrected chi connectivity index (χ2v) is 3.94. The summed E-state index contributed by atoms with van der Waals surface area (Å²) < 4.78 is 10.4. The molecule has 0 aliphatic carbocycles. The maximum atomic E-state index is 5.36. The van der Waals surface area contributed by atoms with Crippen molar-refractivity contribution in [3.05, 3.63) is 24.2 Å². The average molecular weight is 240 g/mol. The van der Waals surface area contributed by atoms with E-state index in [-0.39, 0.29) is 0 Å². The van der Waals surface area contributed by atoms with Crippen LogP contribution in [0, 0.1) is 0 Å². The van der Waals surface area contributed by atoms with E-state index in [1.807, 2.05) is 13.0 Å². The van der Waals surface area contributed by atoms with Crippen molar-refractivity contribution in [2.45, 2.75) is 20.4 Å². The van der Waals surface area contributed by atoms with Crippen molar-refractivity contribution in [3.8, 4) is 0 Å². The lowest BCUT2D eigenvalue weighted by Crippen LogP contribution is -2.34. The van der Waals surface area contributed by atoms with Crippen LogP contribution in [0.1, 0.15) is 19.4 Å². The highest BCUT2D eigenvalue weighted by molar-refractivity contribution is 5.04. The quantitative estimate of drug-likeness (QED) is 0.632. The van der Waals surface area contributed by atoms with Gasteiger partial charge in [0.15, 0.2) is 0 Å². The lowest BCUT2D eigenvalue weighted by atomic mass is 10.3. The van der Waals surface area contributed by atoms with Crippen LogP contribution in [0.15, 0.2) is 23.0 Å². The van der Waals surface area contributed by atoms with E-state index in [1.54, 1.807) is 12.5 Å². The van der Waals surface area contributed by atoms with Crippen LogP contribution >= 0.6 is 0 Å². The van der Waals surface area contributed by atoms with Crippen molar-refractivity contribution in [2.75, 3.05) is 39.4 Å². The molecule has 0 aliphatic heterocycles. The van der Waals surface area contributed by atoms with Gasteiger partial charge in [-0.2, -0.15) is 0 Å². The molecule has 4 nitrogen and oxygen atoms in total. The Kier molecular flexibility index (Phi) is 7.71. The van der Waals surface area contributed by atoms with Crippen molar-refractivity contribution in [1.82, 2.24) is 10.2 Å². The second kappa shape index (κ2) is 9.22. The van der Waals surface area contributed by atoms with Gasteiger partial charge in [0.25, 0.3) is 0 Å². The summed E-state index contributed by atoms with van der Waals surface area (Å²) in [5.74, 6) is 0. The van der Waals surface area contributed by atoms with Gasteiger partial charge in [0, 0.05) is 38.3 Å². The Morgan fingerprint density at radius 1 is 1.35 bits per heavy atom. The number of nitrogens with one attached hydrogen (secondary N) is 1. The van der Waals surface area contributed by atoms with Gasteiger partial charge in [-0.05, 0) is 19.5 Å². The molecule has 0 amide bonds. The molecule has 17 heavy (non-hydrogen) atoms. The highest BCUT2D eigenvalue weighted by Crippen LogP contribution is 1.98. The van der Waals surface area contributed by atoms with E-state index in [1.165, 1.54) is 5.56 Å². The first-order valence-corrected chi connectivity index (χ1v) is 6.38. The summed E-state index contributed by atoms with van der Waals surface area (Å²) >= 11 is 0. The molecule has 0 atom stereocenters. The van der Waals surface area contributed by atoms with Gasteiger partial charge in [-0.1, -0.05) is 6.92 Å². The van der Waals surface area contributed by atoms with Gasteiger partial charge in [0.2, 0.25) is 0 Å².